The number of carboxylic acid groups (broad SMARTS) is 1. The number of hydrogen-bond acceptors (Lipinski definition) is 4. The molecule has 0 radical (unpaired) electrons. The van der Waals surface area contributed by atoms with Gasteiger partial charge in [-0.1, -0.05) is 6.92 Å². The molecule has 5 nitrogen and oxygen atoms in total. The van der Waals surface area contributed by atoms with E-state index in [1.807, 2.05) is 6.92 Å². The zero-order valence-electron chi connectivity index (χ0n) is 9.22. The second-order valence-corrected chi connectivity index (χ2v) is 4.35. The first-order chi connectivity index (χ1) is 7.65. The predicted molar refractivity (Wildman–Crippen MR) is 53.8 cm³/mol. The van der Waals surface area contributed by atoms with Crippen LogP contribution in [0.4, 0.5) is 0 Å². The maximum absolute atomic E-state index is 11.7. The van der Waals surface area contributed by atoms with Crippen LogP contribution < -0.4 is 0 Å². The van der Waals surface area contributed by atoms with E-state index in [0.29, 0.717) is 6.61 Å². The van der Waals surface area contributed by atoms with Crippen LogP contribution in [0.3, 0.4) is 0 Å². The molecule has 2 aliphatic heterocycles. The third-order valence-corrected chi connectivity index (χ3v) is 3.28. The number of rotatable bonds is 4. The van der Waals surface area contributed by atoms with Crippen molar-refractivity contribution in [3.8, 4) is 0 Å². The second kappa shape index (κ2) is 4.41. The Morgan fingerprint density at radius 2 is 1.94 bits per heavy atom. The van der Waals surface area contributed by atoms with Gasteiger partial charge >= 0.3 is 11.9 Å². The molecule has 1 N–H and O–H groups in total. The normalized spacial score (nSPS) is 36.3. The lowest BCUT2D eigenvalue weighted by atomic mass is 9.79. The predicted octanol–water partition coefficient (Wildman–Crippen LogP) is 0.818. The van der Waals surface area contributed by atoms with Crippen LogP contribution >= 0.6 is 0 Å². The summed E-state index contributed by atoms with van der Waals surface area (Å²) in [5, 5.41) is 9.09. The Labute approximate surface area is 93.7 Å². The smallest absolute Gasteiger partial charge is 0.312 e. The molecule has 2 rings (SSSR count). The number of aliphatic carboxylic acids is 1. The van der Waals surface area contributed by atoms with Gasteiger partial charge in [0, 0.05) is 0 Å². The van der Waals surface area contributed by atoms with Crippen LogP contribution in [0.25, 0.3) is 0 Å². The zero-order valence-corrected chi connectivity index (χ0v) is 9.22. The molecular formula is C11H16O5. The van der Waals surface area contributed by atoms with E-state index in [0.717, 1.165) is 19.3 Å². The molecule has 4 atom stereocenters. The fourth-order valence-electron chi connectivity index (χ4n) is 2.59. The molecule has 0 aromatic rings. The topological polar surface area (TPSA) is 72.8 Å². The Hall–Kier alpha value is -1.10. The van der Waals surface area contributed by atoms with E-state index in [9.17, 15) is 9.59 Å². The van der Waals surface area contributed by atoms with Crippen LogP contribution in [0, 0.1) is 11.8 Å². The van der Waals surface area contributed by atoms with Gasteiger partial charge in [-0.25, -0.2) is 0 Å². The molecule has 0 saturated carbocycles. The summed E-state index contributed by atoms with van der Waals surface area (Å²) in [6.07, 6.45) is 1.68. The molecule has 0 amide bonds. The largest absolute Gasteiger partial charge is 0.481 e. The van der Waals surface area contributed by atoms with E-state index in [2.05, 4.69) is 0 Å². The summed E-state index contributed by atoms with van der Waals surface area (Å²) in [5.74, 6) is -2.70. The van der Waals surface area contributed by atoms with Gasteiger partial charge in [0.15, 0.2) is 0 Å². The van der Waals surface area contributed by atoms with Crippen molar-refractivity contribution in [3.05, 3.63) is 0 Å². The summed E-state index contributed by atoms with van der Waals surface area (Å²) in [5.41, 5.74) is 0. The maximum atomic E-state index is 11.7. The first-order valence-electron chi connectivity index (χ1n) is 5.70. The lowest BCUT2D eigenvalue weighted by Crippen LogP contribution is -2.39. The van der Waals surface area contributed by atoms with Crippen LogP contribution in [-0.2, 0) is 19.1 Å². The summed E-state index contributed by atoms with van der Waals surface area (Å²) in [4.78, 5) is 22.8. The van der Waals surface area contributed by atoms with Crippen LogP contribution in [0.2, 0.25) is 0 Å². The molecule has 0 spiro atoms. The van der Waals surface area contributed by atoms with Crippen molar-refractivity contribution in [3.63, 3.8) is 0 Å². The van der Waals surface area contributed by atoms with Crippen LogP contribution in [0.15, 0.2) is 0 Å². The van der Waals surface area contributed by atoms with E-state index in [-0.39, 0.29) is 12.2 Å². The number of carboxylic acids is 1. The van der Waals surface area contributed by atoms with Gasteiger partial charge in [-0.2, -0.15) is 0 Å². The quantitative estimate of drug-likeness (QED) is 0.721. The summed E-state index contributed by atoms with van der Waals surface area (Å²) in [6.45, 7) is 2.25. The van der Waals surface area contributed by atoms with Gasteiger partial charge in [0.05, 0.1) is 30.7 Å². The summed E-state index contributed by atoms with van der Waals surface area (Å²) in [6, 6.07) is 0. The van der Waals surface area contributed by atoms with Gasteiger partial charge in [-0.05, 0) is 19.3 Å². The van der Waals surface area contributed by atoms with Gasteiger partial charge in [-0.3, -0.25) is 9.59 Å². The standard InChI is InChI=1S/C11H16O5/c1-2-5-15-11(14)9-7-4-3-6(16-7)8(9)10(12)13/h6-9H,2-5H2,1H3,(H,12,13)/t6-,7-,8+,9+/m0/s1. The average molecular weight is 228 g/mol. The van der Waals surface area contributed by atoms with Gasteiger partial charge < -0.3 is 14.6 Å². The highest BCUT2D eigenvalue weighted by Gasteiger charge is 2.56. The molecule has 2 saturated heterocycles. The highest BCUT2D eigenvalue weighted by molar-refractivity contribution is 5.83. The monoisotopic (exact) mass is 228 g/mol. The van der Waals surface area contributed by atoms with Gasteiger partial charge in [-0.15, -0.1) is 0 Å². The molecule has 16 heavy (non-hydrogen) atoms. The Morgan fingerprint density at radius 1 is 1.31 bits per heavy atom. The first kappa shape index (κ1) is 11.4. The molecule has 2 heterocycles. The van der Waals surface area contributed by atoms with Crippen LogP contribution in [-0.4, -0.2) is 35.9 Å². The van der Waals surface area contributed by atoms with Crippen molar-refractivity contribution >= 4 is 11.9 Å². The first-order valence-corrected chi connectivity index (χ1v) is 5.70. The van der Waals surface area contributed by atoms with Crippen LogP contribution in [0.1, 0.15) is 26.2 Å². The fourth-order valence-corrected chi connectivity index (χ4v) is 2.59. The van der Waals surface area contributed by atoms with Gasteiger partial charge in [0.25, 0.3) is 0 Å². The molecule has 0 aliphatic carbocycles. The minimum absolute atomic E-state index is 0.254. The molecular weight excluding hydrogens is 212 g/mol. The van der Waals surface area contributed by atoms with Gasteiger partial charge in [0.2, 0.25) is 0 Å². The fraction of sp³-hybridized carbons (Fsp3) is 0.818. The van der Waals surface area contributed by atoms with Crippen molar-refractivity contribution < 1.29 is 24.2 Å². The Bertz CT molecular complexity index is 301. The molecule has 0 aromatic carbocycles. The third kappa shape index (κ3) is 1.80. The number of carbonyl (C=O) groups is 2. The lowest BCUT2D eigenvalue weighted by Gasteiger charge is -2.22. The number of carbonyl (C=O) groups excluding carboxylic acids is 1. The Balaban J connectivity index is 2.06. The Morgan fingerprint density at radius 3 is 2.50 bits per heavy atom. The minimum atomic E-state index is -0.953. The molecule has 2 aliphatic rings. The summed E-state index contributed by atoms with van der Waals surface area (Å²) >= 11 is 0. The summed E-state index contributed by atoms with van der Waals surface area (Å²) < 4.78 is 10.5. The van der Waals surface area contributed by atoms with Crippen molar-refractivity contribution in [1.29, 1.82) is 0 Å². The second-order valence-electron chi connectivity index (χ2n) is 4.35. The van der Waals surface area contributed by atoms with Gasteiger partial charge in [0.1, 0.15) is 0 Å². The zero-order chi connectivity index (χ0) is 11.7. The highest BCUT2D eigenvalue weighted by Crippen LogP contribution is 2.44. The van der Waals surface area contributed by atoms with E-state index in [4.69, 9.17) is 14.6 Å². The maximum Gasteiger partial charge on any atom is 0.312 e. The third-order valence-electron chi connectivity index (χ3n) is 3.28. The molecule has 0 unspecified atom stereocenters. The van der Waals surface area contributed by atoms with E-state index in [1.54, 1.807) is 0 Å². The van der Waals surface area contributed by atoms with Crippen molar-refractivity contribution in [2.75, 3.05) is 6.61 Å². The van der Waals surface area contributed by atoms with E-state index < -0.39 is 23.8 Å². The number of hydrogen-bond donors (Lipinski definition) is 1. The van der Waals surface area contributed by atoms with Crippen molar-refractivity contribution in [1.82, 2.24) is 0 Å². The van der Waals surface area contributed by atoms with Crippen molar-refractivity contribution in [2.45, 2.75) is 38.4 Å². The Kier molecular flexibility index (Phi) is 3.14. The number of ether oxygens (including phenoxy) is 2. The molecule has 2 fully saturated rings. The van der Waals surface area contributed by atoms with E-state index in [1.165, 1.54) is 0 Å². The number of esters is 1. The number of fused-ring (bicyclic) bond motifs is 2. The van der Waals surface area contributed by atoms with E-state index >= 15 is 0 Å². The minimum Gasteiger partial charge on any atom is -0.481 e. The molecule has 2 bridgehead atoms. The van der Waals surface area contributed by atoms with Crippen LogP contribution in [0.5, 0.6) is 0 Å². The molecule has 90 valence electrons. The molecule has 0 aromatic heterocycles. The SMILES string of the molecule is CCCOC(=O)[C@H]1[C@H](C(=O)O)[C@@H]2CC[C@@H]1O2. The summed E-state index contributed by atoms with van der Waals surface area (Å²) in [7, 11) is 0. The average Bonchev–Trinajstić information content (AvgIpc) is 2.84. The highest BCUT2D eigenvalue weighted by atomic mass is 16.5. The lowest BCUT2D eigenvalue weighted by molar-refractivity contribution is -0.158. The molecule has 5 heteroatoms. The van der Waals surface area contributed by atoms with Crippen molar-refractivity contribution in [2.24, 2.45) is 11.8 Å².